The Balaban J connectivity index is 1.20. The summed E-state index contributed by atoms with van der Waals surface area (Å²) in [5.41, 5.74) is 3.97. The van der Waals surface area contributed by atoms with Crippen LogP contribution in [0.4, 0.5) is 21.9 Å². The summed E-state index contributed by atoms with van der Waals surface area (Å²) < 4.78 is 6.09. The van der Waals surface area contributed by atoms with E-state index in [1.807, 2.05) is 48.5 Å². The summed E-state index contributed by atoms with van der Waals surface area (Å²) in [6, 6.07) is 25.2. The number of nitrogens with one attached hydrogen (secondary N) is 2. The molecular weight excluding hydrogens is 456 g/mol. The van der Waals surface area contributed by atoms with E-state index < -0.39 is 5.97 Å². The normalized spacial score (nSPS) is 12.9. The molecule has 1 fully saturated rings. The number of aromatic nitrogens is 1. The fraction of sp³-hybridized carbons (Fsp3) is 0.107. The van der Waals surface area contributed by atoms with Crippen molar-refractivity contribution in [3.63, 3.8) is 0 Å². The number of urea groups is 1. The lowest BCUT2D eigenvalue weighted by molar-refractivity contribution is 0.0697. The van der Waals surface area contributed by atoms with Crippen LogP contribution in [0.5, 0.6) is 5.75 Å². The Morgan fingerprint density at radius 2 is 1.61 bits per heavy atom. The summed E-state index contributed by atoms with van der Waals surface area (Å²) >= 11 is 0. The number of carboxylic acids is 1. The summed E-state index contributed by atoms with van der Waals surface area (Å²) in [6.45, 7) is 1.27. The lowest BCUT2D eigenvalue weighted by atomic mass is 9.95. The number of benzene rings is 3. The third-order valence-corrected chi connectivity index (χ3v) is 5.86. The Kier molecular flexibility index (Phi) is 6.48. The first-order valence-corrected chi connectivity index (χ1v) is 11.5. The second-order valence-electron chi connectivity index (χ2n) is 8.36. The molecule has 1 aliphatic rings. The van der Waals surface area contributed by atoms with Gasteiger partial charge in [-0.25, -0.2) is 9.59 Å². The summed E-state index contributed by atoms with van der Waals surface area (Å²) in [5, 5.41) is 15.2. The van der Waals surface area contributed by atoms with Crippen LogP contribution in [-0.4, -0.2) is 41.3 Å². The number of carboxylic acid groups (broad SMARTS) is 1. The maximum atomic E-state index is 12.1. The summed E-state index contributed by atoms with van der Waals surface area (Å²) in [7, 11) is 0. The predicted molar refractivity (Wildman–Crippen MR) is 139 cm³/mol. The average molecular weight is 481 g/mol. The van der Waals surface area contributed by atoms with Gasteiger partial charge in [0.05, 0.1) is 30.5 Å². The minimum atomic E-state index is -0.952. The maximum Gasteiger partial charge on any atom is 0.336 e. The van der Waals surface area contributed by atoms with Gasteiger partial charge in [-0.15, -0.1) is 0 Å². The maximum absolute atomic E-state index is 12.1. The van der Waals surface area contributed by atoms with E-state index in [2.05, 4.69) is 20.5 Å². The molecular formula is C28H24N4O4. The molecule has 0 unspecified atom stereocenters. The molecule has 0 radical (unpaired) electrons. The predicted octanol–water partition coefficient (Wildman–Crippen LogP) is 5.36. The van der Waals surface area contributed by atoms with Crippen molar-refractivity contribution < 1.29 is 19.4 Å². The standard InChI is InChI=1S/C28H24N4O4/c33-27(34)24-9-4-10-25(26(24)19-6-2-1-3-7-19)32-17-23(18-32)36-22-13-11-20(12-14-22)30-28(35)31-21-8-5-15-29-16-21/h1-16,23H,17-18H2,(H,33,34)(H2,30,31,35). The summed E-state index contributed by atoms with van der Waals surface area (Å²) in [6.07, 6.45) is 3.17. The molecule has 0 spiro atoms. The van der Waals surface area contributed by atoms with Crippen molar-refractivity contribution in [3.05, 3.63) is 103 Å². The van der Waals surface area contributed by atoms with Gasteiger partial charge in [-0.05, 0) is 54.1 Å². The van der Waals surface area contributed by atoms with E-state index in [9.17, 15) is 14.7 Å². The minimum Gasteiger partial charge on any atom is -0.487 e. The Labute approximate surface area is 208 Å². The Hall–Kier alpha value is -4.85. The first-order chi connectivity index (χ1) is 17.6. The number of anilines is 3. The molecule has 0 atom stereocenters. The average Bonchev–Trinajstić information content (AvgIpc) is 2.87. The van der Waals surface area contributed by atoms with E-state index in [1.54, 1.807) is 48.8 Å². The lowest BCUT2D eigenvalue weighted by Crippen LogP contribution is -2.54. The third-order valence-electron chi connectivity index (χ3n) is 5.86. The molecule has 8 nitrogen and oxygen atoms in total. The fourth-order valence-corrected chi connectivity index (χ4v) is 4.14. The smallest absolute Gasteiger partial charge is 0.336 e. The molecule has 5 rings (SSSR count). The minimum absolute atomic E-state index is 0.0326. The number of hydrogen-bond acceptors (Lipinski definition) is 5. The van der Waals surface area contributed by atoms with E-state index in [4.69, 9.17) is 4.74 Å². The van der Waals surface area contributed by atoms with E-state index in [0.717, 1.165) is 11.3 Å². The zero-order valence-corrected chi connectivity index (χ0v) is 19.3. The van der Waals surface area contributed by atoms with Crippen LogP contribution in [0.2, 0.25) is 0 Å². The molecule has 2 heterocycles. The van der Waals surface area contributed by atoms with Gasteiger partial charge in [0.15, 0.2) is 0 Å². The molecule has 1 aromatic heterocycles. The highest BCUT2D eigenvalue weighted by atomic mass is 16.5. The Bertz CT molecular complexity index is 1360. The van der Waals surface area contributed by atoms with Crippen LogP contribution in [0.15, 0.2) is 97.3 Å². The molecule has 3 N–H and O–H groups in total. The van der Waals surface area contributed by atoms with Crippen molar-refractivity contribution in [1.82, 2.24) is 4.98 Å². The number of aromatic carboxylic acids is 1. The van der Waals surface area contributed by atoms with Crippen LogP contribution >= 0.6 is 0 Å². The number of carbonyl (C=O) groups is 2. The molecule has 36 heavy (non-hydrogen) atoms. The van der Waals surface area contributed by atoms with Crippen molar-refractivity contribution >= 4 is 29.1 Å². The largest absolute Gasteiger partial charge is 0.487 e. The molecule has 1 saturated heterocycles. The highest BCUT2D eigenvalue weighted by Gasteiger charge is 2.31. The van der Waals surface area contributed by atoms with Gasteiger partial charge in [0.1, 0.15) is 11.9 Å². The van der Waals surface area contributed by atoms with Crippen molar-refractivity contribution in [2.24, 2.45) is 0 Å². The van der Waals surface area contributed by atoms with Gasteiger partial charge in [0, 0.05) is 23.1 Å². The van der Waals surface area contributed by atoms with E-state index >= 15 is 0 Å². The fourth-order valence-electron chi connectivity index (χ4n) is 4.14. The summed E-state index contributed by atoms with van der Waals surface area (Å²) in [4.78, 5) is 30.1. The SMILES string of the molecule is O=C(Nc1ccc(OC2CN(c3cccc(C(=O)O)c3-c3ccccc3)C2)cc1)Nc1cccnc1. The van der Waals surface area contributed by atoms with Gasteiger partial charge < -0.3 is 25.4 Å². The molecule has 8 heteroatoms. The van der Waals surface area contributed by atoms with Gasteiger partial charge in [0.2, 0.25) is 0 Å². The Morgan fingerprint density at radius 3 is 2.31 bits per heavy atom. The number of pyridine rings is 1. The van der Waals surface area contributed by atoms with Gasteiger partial charge in [-0.3, -0.25) is 4.98 Å². The van der Waals surface area contributed by atoms with Crippen LogP contribution in [0.3, 0.4) is 0 Å². The molecule has 2 amide bonds. The lowest BCUT2D eigenvalue weighted by Gasteiger charge is -2.41. The van der Waals surface area contributed by atoms with Crippen molar-refractivity contribution in [2.75, 3.05) is 28.6 Å². The van der Waals surface area contributed by atoms with Crippen LogP contribution in [-0.2, 0) is 0 Å². The number of amides is 2. The highest BCUT2D eigenvalue weighted by molar-refractivity contribution is 6.01. The molecule has 4 aromatic rings. The number of hydrogen-bond donors (Lipinski definition) is 3. The van der Waals surface area contributed by atoms with Crippen LogP contribution < -0.4 is 20.3 Å². The molecule has 1 aliphatic heterocycles. The molecule has 180 valence electrons. The first kappa shape index (κ1) is 22.9. The van der Waals surface area contributed by atoms with Crippen LogP contribution in [0.25, 0.3) is 11.1 Å². The number of carbonyl (C=O) groups excluding carboxylic acids is 1. The molecule has 0 aliphatic carbocycles. The van der Waals surface area contributed by atoms with Gasteiger partial charge in [-0.2, -0.15) is 0 Å². The zero-order chi connectivity index (χ0) is 24.9. The quantitative estimate of drug-likeness (QED) is 0.329. The van der Waals surface area contributed by atoms with Crippen LogP contribution in [0.1, 0.15) is 10.4 Å². The summed E-state index contributed by atoms with van der Waals surface area (Å²) in [5.74, 6) is -0.257. The monoisotopic (exact) mass is 480 g/mol. The van der Waals surface area contributed by atoms with Crippen LogP contribution in [0, 0.1) is 0 Å². The van der Waals surface area contributed by atoms with E-state index in [1.165, 1.54) is 0 Å². The van der Waals surface area contributed by atoms with Gasteiger partial charge >= 0.3 is 12.0 Å². The molecule has 0 bridgehead atoms. The topological polar surface area (TPSA) is 104 Å². The van der Waals surface area contributed by atoms with Crippen molar-refractivity contribution in [3.8, 4) is 16.9 Å². The van der Waals surface area contributed by atoms with Gasteiger partial charge in [-0.1, -0.05) is 36.4 Å². The molecule has 3 aromatic carbocycles. The Morgan fingerprint density at radius 1 is 0.861 bits per heavy atom. The number of rotatable bonds is 7. The number of ether oxygens (including phenoxy) is 1. The molecule has 0 saturated carbocycles. The highest BCUT2D eigenvalue weighted by Crippen LogP contribution is 2.37. The third kappa shape index (κ3) is 5.12. The second-order valence-corrected chi connectivity index (χ2v) is 8.36. The zero-order valence-electron chi connectivity index (χ0n) is 19.3. The second kappa shape index (κ2) is 10.2. The van der Waals surface area contributed by atoms with Crippen molar-refractivity contribution in [2.45, 2.75) is 6.10 Å². The van der Waals surface area contributed by atoms with E-state index in [-0.39, 0.29) is 17.7 Å². The van der Waals surface area contributed by atoms with E-state index in [0.29, 0.717) is 35.8 Å². The van der Waals surface area contributed by atoms with Gasteiger partial charge in [0.25, 0.3) is 0 Å². The number of nitrogens with zero attached hydrogens (tertiary/aromatic N) is 2. The van der Waals surface area contributed by atoms with Crippen molar-refractivity contribution in [1.29, 1.82) is 0 Å². The first-order valence-electron chi connectivity index (χ1n) is 11.5.